The fourth-order valence-electron chi connectivity index (χ4n) is 1.75. The van der Waals surface area contributed by atoms with Gasteiger partial charge in [-0.3, -0.25) is 4.79 Å². The van der Waals surface area contributed by atoms with Crippen molar-refractivity contribution in [3.05, 3.63) is 0 Å². The first-order chi connectivity index (χ1) is 7.90. The molecule has 0 atom stereocenters. The van der Waals surface area contributed by atoms with Gasteiger partial charge in [0.25, 0.3) is 0 Å². The van der Waals surface area contributed by atoms with E-state index in [0.29, 0.717) is 0 Å². The van der Waals surface area contributed by atoms with Gasteiger partial charge in [0.2, 0.25) is 5.91 Å². The van der Waals surface area contributed by atoms with Crippen molar-refractivity contribution in [2.24, 2.45) is 0 Å². The second-order valence-corrected chi connectivity index (χ2v) is 4.09. The Hall–Kier alpha value is -0.820. The van der Waals surface area contributed by atoms with Crippen molar-refractivity contribution in [2.75, 3.05) is 33.4 Å². The molecule has 1 rings (SSSR count). The first kappa shape index (κ1) is 14.2. The van der Waals surface area contributed by atoms with E-state index in [1.807, 2.05) is 0 Å². The van der Waals surface area contributed by atoms with Crippen LogP contribution in [0.1, 0.15) is 12.8 Å². The average molecular weight is 254 g/mol. The van der Waals surface area contributed by atoms with Gasteiger partial charge in [-0.15, -0.1) is 0 Å². The molecular formula is C10H17F3N2O2. The third kappa shape index (κ3) is 5.36. The van der Waals surface area contributed by atoms with Gasteiger partial charge in [0, 0.05) is 13.1 Å². The number of carbonyl (C=O) groups excluding carboxylic acids is 1. The van der Waals surface area contributed by atoms with Gasteiger partial charge in [0.15, 0.2) is 0 Å². The monoisotopic (exact) mass is 254 g/mol. The van der Waals surface area contributed by atoms with E-state index in [0.717, 1.165) is 25.9 Å². The van der Waals surface area contributed by atoms with E-state index in [1.54, 1.807) is 7.05 Å². The lowest BCUT2D eigenvalue weighted by molar-refractivity contribution is -0.178. The molecule has 1 N–H and O–H groups in total. The number of likely N-dealkylation sites (N-methyl/N-ethyl adjacent to an activating group) is 1. The van der Waals surface area contributed by atoms with Crippen LogP contribution < -0.4 is 5.32 Å². The van der Waals surface area contributed by atoms with E-state index in [1.165, 1.54) is 4.90 Å². The number of alkyl halides is 3. The molecule has 1 fully saturated rings. The molecule has 0 aromatic heterocycles. The fourth-order valence-corrected chi connectivity index (χ4v) is 1.75. The predicted octanol–water partition coefficient (Wildman–Crippen LogP) is 0.776. The van der Waals surface area contributed by atoms with Crippen LogP contribution in [-0.4, -0.2) is 56.4 Å². The standard InChI is InChI=1S/C10H17F3N2O2/c1-15(8-2-4-14-5-3-8)9(16)6-17-7-10(11,12)13/h8,14H,2-7H2,1H3. The summed E-state index contributed by atoms with van der Waals surface area (Å²) in [5.41, 5.74) is 0. The smallest absolute Gasteiger partial charge is 0.362 e. The van der Waals surface area contributed by atoms with Gasteiger partial charge in [0.05, 0.1) is 0 Å². The quantitative estimate of drug-likeness (QED) is 0.806. The van der Waals surface area contributed by atoms with Gasteiger partial charge >= 0.3 is 6.18 Å². The Morgan fingerprint density at radius 1 is 1.41 bits per heavy atom. The lowest BCUT2D eigenvalue weighted by atomic mass is 10.1. The highest BCUT2D eigenvalue weighted by Gasteiger charge is 2.28. The van der Waals surface area contributed by atoms with Crippen molar-refractivity contribution >= 4 is 5.91 Å². The van der Waals surface area contributed by atoms with Crippen molar-refractivity contribution in [1.82, 2.24) is 10.2 Å². The topological polar surface area (TPSA) is 41.6 Å². The summed E-state index contributed by atoms with van der Waals surface area (Å²) in [6.07, 6.45) is -2.74. The van der Waals surface area contributed by atoms with E-state index in [-0.39, 0.29) is 6.04 Å². The largest absolute Gasteiger partial charge is 0.411 e. The number of carbonyl (C=O) groups is 1. The highest BCUT2D eigenvalue weighted by atomic mass is 19.4. The molecule has 1 aliphatic rings. The fraction of sp³-hybridized carbons (Fsp3) is 0.900. The van der Waals surface area contributed by atoms with Crippen LogP contribution >= 0.6 is 0 Å². The molecule has 17 heavy (non-hydrogen) atoms. The van der Waals surface area contributed by atoms with Crippen LogP contribution in [0.25, 0.3) is 0 Å². The third-order valence-electron chi connectivity index (χ3n) is 2.74. The van der Waals surface area contributed by atoms with Gasteiger partial charge in [0.1, 0.15) is 13.2 Å². The number of piperidine rings is 1. The highest BCUT2D eigenvalue weighted by molar-refractivity contribution is 5.77. The number of hydrogen-bond acceptors (Lipinski definition) is 3. The van der Waals surface area contributed by atoms with Crippen LogP contribution in [0.4, 0.5) is 13.2 Å². The number of halogens is 3. The molecular weight excluding hydrogens is 237 g/mol. The number of rotatable bonds is 4. The summed E-state index contributed by atoms with van der Waals surface area (Å²) < 4.78 is 39.8. The van der Waals surface area contributed by atoms with Gasteiger partial charge in [-0.1, -0.05) is 0 Å². The number of hydrogen-bond donors (Lipinski definition) is 1. The Labute approximate surface area is 98.1 Å². The Morgan fingerprint density at radius 3 is 2.53 bits per heavy atom. The van der Waals surface area contributed by atoms with Crippen LogP contribution in [0.3, 0.4) is 0 Å². The van der Waals surface area contributed by atoms with Crippen LogP contribution in [0, 0.1) is 0 Å². The Kier molecular flexibility index (Phi) is 5.20. The Bertz CT molecular complexity index is 252. The van der Waals surface area contributed by atoms with Crippen molar-refractivity contribution in [1.29, 1.82) is 0 Å². The first-order valence-electron chi connectivity index (χ1n) is 5.51. The third-order valence-corrected chi connectivity index (χ3v) is 2.74. The van der Waals surface area contributed by atoms with E-state index in [2.05, 4.69) is 10.1 Å². The second-order valence-electron chi connectivity index (χ2n) is 4.09. The Morgan fingerprint density at radius 2 is 2.00 bits per heavy atom. The first-order valence-corrected chi connectivity index (χ1v) is 5.51. The summed E-state index contributed by atoms with van der Waals surface area (Å²) in [6.45, 7) is -0.240. The molecule has 0 aromatic carbocycles. The molecule has 7 heteroatoms. The lowest BCUT2D eigenvalue weighted by Gasteiger charge is -2.31. The van der Waals surface area contributed by atoms with E-state index >= 15 is 0 Å². The number of amides is 1. The summed E-state index contributed by atoms with van der Waals surface area (Å²) in [4.78, 5) is 13.0. The summed E-state index contributed by atoms with van der Waals surface area (Å²) in [5.74, 6) is -0.402. The minimum atomic E-state index is -4.38. The maximum absolute atomic E-state index is 11.8. The van der Waals surface area contributed by atoms with E-state index in [9.17, 15) is 18.0 Å². The molecule has 0 aromatic rings. The summed E-state index contributed by atoms with van der Waals surface area (Å²) in [5, 5.41) is 3.15. The van der Waals surface area contributed by atoms with Crippen molar-refractivity contribution in [3.8, 4) is 0 Å². The van der Waals surface area contributed by atoms with Crippen LogP contribution in [0.15, 0.2) is 0 Å². The lowest BCUT2D eigenvalue weighted by Crippen LogP contribution is -2.45. The summed E-state index contributed by atoms with van der Waals surface area (Å²) in [6, 6.07) is 0.0956. The molecule has 0 spiro atoms. The molecule has 0 bridgehead atoms. The molecule has 0 radical (unpaired) electrons. The molecule has 1 heterocycles. The maximum atomic E-state index is 11.8. The van der Waals surface area contributed by atoms with Gasteiger partial charge in [-0.25, -0.2) is 0 Å². The van der Waals surface area contributed by atoms with Gasteiger partial charge < -0.3 is 15.0 Å². The normalized spacial score (nSPS) is 18.1. The van der Waals surface area contributed by atoms with Gasteiger partial charge in [-0.2, -0.15) is 13.2 Å². The number of nitrogens with zero attached hydrogens (tertiary/aromatic N) is 1. The molecule has 1 saturated heterocycles. The number of ether oxygens (including phenoxy) is 1. The maximum Gasteiger partial charge on any atom is 0.411 e. The van der Waals surface area contributed by atoms with Crippen LogP contribution in [0.2, 0.25) is 0 Å². The Balaban J connectivity index is 2.26. The SMILES string of the molecule is CN(C(=O)COCC(F)(F)F)C1CCNCC1. The van der Waals surface area contributed by atoms with Gasteiger partial charge in [-0.05, 0) is 25.9 Å². The summed E-state index contributed by atoms with van der Waals surface area (Å²) in [7, 11) is 1.61. The summed E-state index contributed by atoms with van der Waals surface area (Å²) >= 11 is 0. The predicted molar refractivity (Wildman–Crippen MR) is 55.5 cm³/mol. The zero-order valence-electron chi connectivity index (χ0n) is 9.72. The van der Waals surface area contributed by atoms with Crippen molar-refractivity contribution in [3.63, 3.8) is 0 Å². The zero-order valence-corrected chi connectivity index (χ0v) is 9.72. The average Bonchev–Trinajstić information content (AvgIpc) is 2.27. The van der Waals surface area contributed by atoms with Crippen molar-refractivity contribution < 1.29 is 22.7 Å². The molecule has 0 unspecified atom stereocenters. The van der Waals surface area contributed by atoms with Crippen LogP contribution in [0.5, 0.6) is 0 Å². The minimum absolute atomic E-state index is 0.0956. The van der Waals surface area contributed by atoms with Crippen LogP contribution in [-0.2, 0) is 9.53 Å². The van der Waals surface area contributed by atoms with E-state index in [4.69, 9.17) is 0 Å². The molecule has 0 saturated carbocycles. The molecule has 0 aliphatic carbocycles. The molecule has 100 valence electrons. The van der Waals surface area contributed by atoms with Crippen molar-refractivity contribution in [2.45, 2.75) is 25.1 Å². The number of nitrogens with one attached hydrogen (secondary N) is 1. The second kappa shape index (κ2) is 6.20. The minimum Gasteiger partial charge on any atom is -0.362 e. The molecule has 1 amide bonds. The van der Waals surface area contributed by atoms with E-state index < -0.39 is 25.3 Å². The molecule has 1 aliphatic heterocycles. The highest BCUT2D eigenvalue weighted by Crippen LogP contribution is 2.15. The molecule has 4 nitrogen and oxygen atoms in total. The zero-order chi connectivity index (χ0) is 12.9.